The second kappa shape index (κ2) is 6.53. The first-order chi connectivity index (χ1) is 8.38. The molecule has 1 aromatic carbocycles. The molecule has 102 valence electrons. The van der Waals surface area contributed by atoms with E-state index < -0.39 is 32.4 Å². The second-order valence-corrected chi connectivity index (χ2v) is 5.99. The summed E-state index contributed by atoms with van der Waals surface area (Å²) in [7, 11) is -4.30. The van der Waals surface area contributed by atoms with E-state index in [-0.39, 0.29) is 6.54 Å². The molecule has 0 radical (unpaired) electrons. The van der Waals surface area contributed by atoms with Crippen LogP contribution in [0.15, 0.2) is 17.0 Å². The Balaban J connectivity index is 2.92. The van der Waals surface area contributed by atoms with Gasteiger partial charge >= 0.3 is 0 Å². The van der Waals surface area contributed by atoms with Gasteiger partial charge < -0.3 is 0 Å². The Morgan fingerprint density at radius 2 is 1.67 bits per heavy atom. The van der Waals surface area contributed by atoms with Crippen molar-refractivity contribution in [2.24, 2.45) is 0 Å². The van der Waals surface area contributed by atoms with Crippen LogP contribution in [0, 0.1) is 17.5 Å². The number of hydrogen-bond acceptors (Lipinski definition) is 2. The molecule has 1 N–H and O–H groups in total. The highest BCUT2D eigenvalue weighted by Crippen LogP contribution is 2.19. The van der Waals surface area contributed by atoms with Gasteiger partial charge in [-0.3, -0.25) is 0 Å². The summed E-state index contributed by atoms with van der Waals surface area (Å²) in [4.78, 5) is -1.15. The van der Waals surface area contributed by atoms with Gasteiger partial charge in [-0.1, -0.05) is 15.9 Å². The van der Waals surface area contributed by atoms with Crippen LogP contribution in [-0.4, -0.2) is 20.3 Å². The van der Waals surface area contributed by atoms with Gasteiger partial charge in [0.1, 0.15) is 17.5 Å². The lowest BCUT2D eigenvalue weighted by molar-refractivity contribution is 0.493. The largest absolute Gasteiger partial charge is 0.246 e. The molecular weight excluding hydrogens is 335 g/mol. The van der Waals surface area contributed by atoms with Crippen molar-refractivity contribution in [3.8, 4) is 0 Å². The minimum Gasteiger partial charge on any atom is -0.211 e. The molecule has 0 unspecified atom stereocenters. The Labute approximate surface area is 112 Å². The van der Waals surface area contributed by atoms with E-state index >= 15 is 0 Å². The van der Waals surface area contributed by atoms with Gasteiger partial charge in [-0.2, -0.15) is 0 Å². The maximum absolute atomic E-state index is 13.3. The van der Waals surface area contributed by atoms with Crippen LogP contribution in [0.25, 0.3) is 0 Å². The molecule has 0 atom stereocenters. The summed E-state index contributed by atoms with van der Waals surface area (Å²) < 4.78 is 64.5. The summed E-state index contributed by atoms with van der Waals surface area (Å²) in [6, 6.07) is 0.659. The summed E-state index contributed by atoms with van der Waals surface area (Å²) in [5, 5.41) is 0.702. The van der Waals surface area contributed by atoms with Crippen molar-refractivity contribution < 1.29 is 21.6 Å². The number of nitrogens with one attached hydrogen (secondary N) is 1. The standard InChI is InChI=1S/C10H11BrF3NO2S/c11-3-1-2-4-15-18(16,17)10-8(13)5-7(12)6-9(10)14/h5-6,15H,1-4H2. The normalized spacial score (nSPS) is 11.8. The van der Waals surface area contributed by atoms with Gasteiger partial charge in [0.25, 0.3) is 0 Å². The highest BCUT2D eigenvalue weighted by Gasteiger charge is 2.24. The van der Waals surface area contributed by atoms with E-state index in [9.17, 15) is 21.6 Å². The van der Waals surface area contributed by atoms with Crippen molar-refractivity contribution in [1.29, 1.82) is 0 Å². The van der Waals surface area contributed by atoms with Crippen LogP contribution >= 0.6 is 15.9 Å². The maximum atomic E-state index is 13.3. The number of benzene rings is 1. The van der Waals surface area contributed by atoms with Gasteiger partial charge in [-0.15, -0.1) is 0 Å². The summed E-state index contributed by atoms with van der Waals surface area (Å²) in [5.41, 5.74) is 0. The Hall–Kier alpha value is -0.600. The highest BCUT2D eigenvalue weighted by molar-refractivity contribution is 9.09. The number of hydrogen-bond donors (Lipinski definition) is 1. The second-order valence-electron chi connectivity index (χ2n) is 3.49. The summed E-state index contributed by atoms with van der Waals surface area (Å²) in [6.45, 7) is 0.0597. The molecule has 0 heterocycles. The predicted molar refractivity (Wildman–Crippen MR) is 64.5 cm³/mol. The van der Waals surface area contributed by atoms with Crippen LogP contribution in [0.3, 0.4) is 0 Å². The number of unbranched alkanes of at least 4 members (excludes halogenated alkanes) is 1. The molecule has 0 saturated heterocycles. The molecule has 0 aliphatic rings. The molecule has 0 aliphatic carbocycles. The van der Waals surface area contributed by atoms with Crippen molar-refractivity contribution in [2.45, 2.75) is 17.7 Å². The monoisotopic (exact) mass is 345 g/mol. The Kier molecular flexibility index (Phi) is 5.61. The molecule has 0 aliphatic heterocycles. The Morgan fingerprint density at radius 1 is 1.11 bits per heavy atom. The fourth-order valence-corrected chi connectivity index (χ4v) is 2.87. The molecule has 0 amide bonds. The van der Waals surface area contributed by atoms with Gasteiger partial charge in [0.15, 0.2) is 4.90 Å². The van der Waals surface area contributed by atoms with Gasteiger partial charge in [-0.05, 0) is 12.8 Å². The first-order valence-electron chi connectivity index (χ1n) is 5.08. The molecular formula is C10H11BrF3NO2S. The minimum absolute atomic E-state index is 0.0597. The third-order valence-corrected chi connectivity index (χ3v) is 4.16. The fraction of sp³-hybridized carbons (Fsp3) is 0.400. The number of rotatable bonds is 6. The minimum atomic E-state index is -4.30. The van der Waals surface area contributed by atoms with E-state index in [1.807, 2.05) is 0 Å². The van der Waals surface area contributed by atoms with Crippen LogP contribution < -0.4 is 4.72 Å². The fourth-order valence-electron chi connectivity index (χ4n) is 1.28. The molecule has 18 heavy (non-hydrogen) atoms. The van der Waals surface area contributed by atoms with Crippen LogP contribution in [0.5, 0.6) is 0 Å². The first-order valence-corrected chi connectivity index (χ1v) is 7.69. The van der Waals surface area contributed by atoms with Crippen LogP contribution in [-0.2, 0) is 10.0 Å². The zero-order chi connectivity index (χ0) is 13.8. The van der Waals surface area contributed by atoms with E-state index in [1.54, 1.807) is 0 Å². The predicted octanol–water partition coefficient (Wildman–Crippen LogP) is 2.56. The molecule has 0 saturated carbocycles. The smallest absolute Gasteiger partial charge is 0.211 e. The van der Waals surface area contributed by atoms with E-state index in [0.717, 1.165) is 6.42 Å². The Morgan fingerprint density at radius 3 is 2.17 bits per heavy atom. The number of alkyl halides is 1. The third kappa shape index (κ3) is 3.96. The van der Waals surface area contributed by atoms with Gasteiger partial charge in [0.05, 0.1) is 0 Å². The van der Waals surface area contributed by atoms with E-state index in [0.29, 0.717) is 23.9 Å². The van der Waals surface area contributed by atoms with Gasteiger partial charge in [0, 0.05) is 24.0 Å². The lowest BCUT2D eigenvalue weighted by atomic mass is 10.3. The first kappa shape index (κ1) is 15.5. The van der Waals surface area contributed by atoms with Crippen molar-refractivity contribution >= 4 is 26.0 Å². The number of halogens is 4. The molecule has 1 aromatic rings. The van der Waals surface area contributed by atoms with Gasteiger partial charge in [-0.25, -0.2) is 26.3 Å². The average Bonchev–Trinajstić information content (AvgIpc) is 2.22. The van der Waals surface area contributed by atoms with Crippen LogP contribution in [0.4, 0.5) is 13.2 Å². The van der Waals surface area contributed by atoms with Gasteiger partial charge in [0.2, 0.25) is 10.0 Å². The molecule has 3 nitrogen and oxygen atoms in total. The number of sulfonamides is 1. The topological polar surface area (TPSA) is 46.2 Å². The highest BCUT2D eigenvalue weighted by atomic mass is 79.9. The zero-order valence-electron chi connectivity index (χ0n) is 9.22. The van der Waals surface area contributed by atoms with E-state index in [4.69, 9.17) is 0 Å². The molecule has 0 spiro atoms. The molecule has 0 aromatic heterocycles. The van der Waals surface area contributed by atoms with Crippen molar-refractivity contribution in [1.82, 2.24) is 4.72 Å². The summed E-state index contributed by atoms with van der Waals surface area (Å²) in [5.74, 6) is -4.05. The van der Waals surface area contributed by atoms with Crippen molar-refractivity contribution in [3.05, 3.63) is 29.6 Å². The Bertz CT molecular complexity index is 499. The average molecular weight is 346 g/mol. The summed E-state index contributed by atoms with van der Waals surface area (Å²) >= 11 is 3.17. The molecule has 1 rings (SSSR count). The summed E-state index contributed by atoms with van der Waals surface area (Å²) in [6.07, 6.45) is 1.24. The molecule has 0 fully saturated rings. The maximum Gasteiger partial charge on any atom is 0.246 e. The lowest BCUT2D eigenvalue weighted by Gasteiger charge is -2.08. The van der Waals surface area contributed by atoms with Crippen molar-refractivity contribution in [3.63, 3.8) is 0 Å². The lowest BCUT2D eigenvalue weighted by Crippen LogP contribution is -2.26. The SMILES string of the molecule is O=S(=O)(NCCCCBr)c1c(F)cc(F)cc1F. The molecule has 8 heteroatoms. The third-order valence-electron chi connectivity index (χ3n) is 2.08. The zero-order valence-corrected chi connectivity index (χ0v) is 11.6. The van der Waals surface area contributed by atoms with Crippen molar-refractivity contribution in [2.75, 3.05) is 11.9 Å². The quantitative estimate of drug-likeness (QED) is 0.636. The molecule has 0 bridgehead atoms. The van der Waals surface area contributed by atoms with E-state index in [2.05, 4.69) is 20.7 Å². The van der Waals surface area contributed by atoms with Crippen LogP contribution in [0.1, 0.15) is 12.8 Å². The van der Waals surface area contributed by atoms with E-state index in [1.165, 1.54) is 0 Å². The van der Waals surface area contributed by atoms with Crippen LogP contribution in [0.2, 0.25) is 0 Å².